The van der Waals surface area contributed by atoms with Crippen LogP contribution >= 0.6 is 12.2 Å². The van der Waals surface area contributed by atoms with Gasteiger partial charge in [0.2, 0.25) is 0 Å². The molecular formula is C19H21F3N6OS. The average Bonchev–Trinajstić information content (AvgIpc) is 2.85. The molecule has 11 heteroatoms. The van der Waals surface area contributed by atoms with E-state index in [4.69, 9.17) is 24.3 Å². The Balaban J connectivity index is 2.19. The number of benzene rings is 1. The first-order chi connectivity index (χ1) is 14.1. The lowest BCUT2D eigenvalue weighted by Gasteiger charge is -2.29. The van der Waals surface area contributed by atoms with Gasteiger partial charge in [0.05, 0.1) is 12.1 Å². The van der Waals surface area contributed by atoms with Crippen LogP contribution in [0.2, 0.25) is 0 Å². The van der Waals surface area contributed by atoms with Gasteiger partial charge in [-0.3, -0.25) is 9.69 Å². The van der Waals surface area contributed by atoms with E-state index in [0.717, 1.165) is 42.7 Å². The van der Waals surface area contributed by atoms with Crippen molar-refractivity contribution in [2.45, 2.75) is 51.2 Å². The summed E-state index contributed by atoms with van der Waals surface area (Å²) in [6.45, 7) is 11.2. The zero-order chi connectivity index (χ0) is 22.5. The van der Waals surface area contributed by atoms with Crippen molar-refractivity contribution >= 4 is 34.6 Å². The van der Waals surface area contributed by atoms with E-state index in [2.05, 4.69) is 14.9 Å². The summed E-state index contributed by atoms with van der Waals surface area (Å²) in [6, 6.07) is 3.16. The molecule has 0 unspecified atom stereocenters. The summed E-state index contributed by atoms with van der Waals surface area (Å²) in [6.07, 6.45) is -1.54. The molecule has 1 fully saturated rings. The van der Waals surface area contributed by atoms with Crippen molar-refractivity contribution in [3.63, 3.8) is 0 Å². The number of amides is 1. The van der Waals surface area contributed by atoms with Crippen LogP contribution in [-0.4, -0.2) is 34.5 Å². The number of unbranched alkanes of at least 4 members (excludes halogenated alkanes) is 3. The van der Waals surface area contributed by atoms with Crippen molar-refractivity contribution < 1.29 is 18.0 Å². The second-order valence-corrected chi connectivity index (χ2v) is 7.68. The molecule has 1 aliphatic rings. The number of alkyl halides is 3. The minimum atomic E-state index is -4.72. The summed E-state index contributed by atoms with van der Waals surface area (Å²) >= 11 is 5.44. The lowest BCUT2D eigenvalue weighted by molar-refractivity contribution is -0.136. The molecule has 1 heterocycles. The first kappa shape index (κ1) is 23.4. The quantitative estimate of drug-likeness (QED) is 0.128. The van der Waals surface area contributed by atoms with Gasteiger partial charge in [0.15, 0.2) is 10.8 Å². The van der Waals surface area contributed by atoms with Crippen LogP contribution in [-0.2, 0) is 11.0 Å². The second kappa shape index (κ2) is 9.32. The molecule has 0 saturated carbocycles. The van der Waals surface area contributed by atoms with Crippen LogP contribution in [0.4, 0.5) is 24.5 Å². The Morgan fingerprint density at radius 3 is 2.50 bits per heavy atom. The summed E-state index contributed by atoms with van der Waals surface area (Å²) in [5.41, 5.74) is 5.63. The number of nitrogens with zero attached hydrogens (tertiary/aromatic N) is 6. The maximum atomic E-state index is 13.3. The Morgan fingerprint density at radius 2 is 1.90 bits per heavy atom. The fourth-order valence-corrected chi connectivity index (χ4v) is 3.78. The standard InChI is InChI=1S/C19H21F3N6OS/c1-18(2)16(29)28(13-8-9-15(24-3)14(12-13)19(20,21)22)17(30)27(18)11-7-5-4-6-10-25-26-23/h8-9,12H,4-7,10-11H2,1-2H3. The highest BCUT2D eigenvalue weighted by atomic mass is 32.1. The molecule has 0 aromatic heterocycles. The predicted octanol–water partition coefficient (Wildman–Crippen LogP) is 5.84. The van der Waals surface area contributed by atoms with Crippen molar-refractivity contribution in [3.8, 4) is 0 Å². The molecule has 1 saturated heterocycles. The third-order valence-corrected chi connectivity index (χ3v) is 5.34. The smallest absolute Gasteiger partial charge is 0.334 e. The molecule has 0 N–H and O–H groups in total. The van der Waals surface area contributed by atoms with Gasteiger partial charge in [-0.25, -0.2) is 4.85 Å². The van der Waals surface area contributed by atoms with E-state index >= 15 is 0 Å². The highest BCUT2D eigenvalue weighted by Gasteiger charge is 2.49. The molecule has 7 nitrogen and oxygen atoms in total. The fraction of sp³-hybridized carbons (Fsp3) is 0.526. The lowest BCUT2D eigenvalue weighted by atomic mass is 10.0. The summed E-state index contributed by atoms with van der Waals surface area (Å²) in [5.74, 6) is -0.417. The molecule has 30 heavy (non-hydrogen) atoms. The molecule has 1 aromatic rings. The number of rotatable bonds is 8. The van der Waals surface area contributed by atoms with Crippen LogP contribution in [0.1, 0.15) is 45.1 Å². The van der Waals surface area contributed by atoms with E-state index in [1.54, 1.807) is 18.7 Å². The largest absolute Gasteiger partial charge is 0.407 e. The van der Waals surface area contributed by atoms with Crippen LogP contribution in [0.3, 0.4) is 0 Å². The predicted molar refractivity (Wildman–Crippen MR) is 111 cm³/mol. The molecule has 0 spiro atoms. The third-order valence-electron chi connectivity index (χ3n) is 4.94. The highest BCUT2D eigenvalue weighted by Crippen LogP contribution is 2.40. The maximum Gasteiger partial charge on any atom is 0.407 e. The van der Waals surface area contributed by atoms with Gasteiger partial charge < -0.3 is 4.90 Å². The first-order valence-corrected chi connectivity index (χ1v) is 9.72. The van der Waals surface area contributed by atoms with Crippen LogP contribution in [0.15, 0.2) is 23.3 Å². The van der Waals surface area contributed by atoms with Gasteiger partial charge in [-0.15, -0.1) is 0 Å². The van der Waals surface area contributed by atoms with Gasteiger partial charge in [0.1, 0.15) is 5.54 Å². The zero-order valence-electron chi connectivity index (χ0n) is 16.6. The number of halogens is 3. The molecule has 0 aliphatic carbocycles. The number of carbonyl (C=O) groups excluding carboxylic acids is 1. The fourth-order valence-electron chi connectivity index (χ4n) is 3.28. The molecule has 1 aromatic carbocycles. The highest BCUT2D eigenvalue weighted by molar-refractivity contribution is 7.80. The molecular weight excluding hydrogens is 417 g/mol. The van der Waals surface area contributed by atoms with Crippen LogP contribution in [0.5, 0.6) is 0 Å². The van der Waals surface area contributed by atoms with Gasteiger partial charge in [0, 0.05) is 23.7 Å². The van der Waals surface area contributed by atoms with Crippen LogP contribution in [0, 0.1) is 6.57 Å². The van der Waals surface area contributed by atoms with Crippen molar-refractivity contribution in [2.24, 2.45) is 5.11 Å². The zero-order valence-corrected chi connectivity index (χ0v) is 17.4. The van der Waals surface area contributed by atoms with Crippen molar-refractivity contribution in [1.29, 1.82) is 0 Å². The molecule has 0 bridgehead atoms. The molecule has 160 valence electrons. The summed E-state index contributed by atoms with van der Waals surface area (Å²) in [5, 5.41) is 3.61. The minimum absolute atomic E-state index is 0.00494. The number of hydrogen-bond acceptors (Lipinski definition) is 3. The molecule has 1 amide bonds. The summed E-state index contributed by atoms with van der Waals surface area (Å²) < 4.78 is 40.0. The van der Waals surface area contributed by atoms with E-state index < -0.39 is 28.9 Å². The van der Waals surface area contributed by atoms with Gasteiger partial charge in [-0.2, -0.15) is 13.2 Å². The van der Waals surface area contributed by atoms with Crippen LogP contribution in [0.25, 0.3) is 15.3 Å². The van der Waals surface area contributed by atoms with Crippen molar-refractivity contribution in [2.75, 3.05) is 18.0 Å². The molecule has 2 rings (SSSR count). The van der Waals surface area contributed by atoms with E-state index in [1.807, 2.05) is 0 Å². The Hall–Kier alpha value is -2.83. The monoisotopic (exact) mass is 438 g/mol. The first-order valence-electron chi connectivity index (χ1n) is 9.31. The molecule has 0 radical (unpaired) electrons. The van der Waals surface area contributed by atoms with E-state index in [-0.39, 0.29) is 10.8 Å². The SMILES string of the molecule is [C-]#[N+]c1ccc(N2C(=O)C(C)(C)N(CCCCCCN=[N+]=[N-])C2=S)cc1C(F)(F)F. The average molecular weight is 438 g/mol. The molecule has 1 aliphatic heterocycles. The number of azide groups is 1. The maximum absolute atomic E-state index is 13.3. The third kappa shape index (κ3) is 4.83. The Kier molecular flexibility index (Phi) is 7.29. The number of hydrogen-bond donors (Lipinski definition) is 0. The van der Waals surface area contributed by atoms with Crippen molar-refractivity contribution in [1.82, 2.24) is 4.90 Å². The Morgan fingerprint density at radius 1 is 1.23 bits per heavy atom. The second-order valence-electron chi connectivity index (χ2n) is 7.31. The molecule has 0 atom stereocenters. The number of anilines is 1. The van der Waals surface area contributed by atoms with Gasteiger partial charge in [-0.05, 0) is 56.6 Å². The van der Waals surface area contributed by atoms with E-state index in [9.17, 15) is 18.0 Å². The van der Waals surface area contributed by atoms with Crippen molar-refractivity contribution in [3.05, 3.63) is 45.6 Å². The normalized spacial score (nSPS) is 15.9. The van der Waals surface area contributed by atoms with E-state index in [0.29, 0.717) is 13.1 Å². The van der Waals surface area contributed by atoms with Gasteiger partial charge in [0.25, 0.3) is 5.91 Å². The Bertz CT molecular complexity index is 918. The Labute approximate surface area is 177 Å². The lowest BCUT2D eigenvalue weighted by Crippen LogP contribution is -2.44. The number of carbonyl (C=O) groups is 1. The topological polar surface area (TPSA) is 76.7 Å². The van der Waals surface area contributed by atoms with E-state index in [1.165, 1.54) is 6.07 Å². The van der Waals surface area contributed by atoms with Crippen LogP contribution < -0.4 is 4.90 Å². The summed E-state index contributed by atoms with van der Waals surface area (Å²) in [4.78, 5) is 21.4. The van der Waals surface area contributed by atoms with Gasteiger partial charge >= 0.3 is 6.18 Å². The van der Waals surface area contributed by atoms with Gasteiger partial charge in [-0.1, -0.05) is 24.0 Å². The minimum Gasteiger partial charge on any atom is -0.334 e. The summed E-state index contributed by atoms with van der Waals surface area (Å²) in [7, 11) is 0. The number of thiocarbonyl (C=S) groups is 1.